The molecule has 2 unspecified atom stereocenters. The zero-order chi connectivity index (χ0) is 15.3. The average molecular weight is 296 g/mol. The molecule has 1 heterocycles. The topological polar surface area (TPSA) is 80.9 Å². The molecule has 1 amide bonds. The van der Waals surface area contributed by atoms with E-state index in [4.69, 9.17) is 5.73 Å². The Bertz CT molecular complexity index is 466. The lowest BCUT2D eigenvalue weighted by atomic mass is 9.94. The Balaban J connectivity index is 2.71. The normalized spacial score (nSPS) is 15.9. The van der Waals surface area contributed by atoms with E-state index in [0.717, 1.165) is 10.9 Å². The third kappa shape index (κ3) is 5.09. The van der Waals surface area contributed by atoms with E-state index in [9.17, 15) is 4.79 Å². The minimum Gasteiger partial charge on any atom is -0.368 e. The smallest absolute Gasteiger partial charge is 0.237 e. The van der Waals surface area contributed by atoms with Crippen LogP contribution < -0.4 is 11.1 Å². The first-order chi connectivity index (χ1) is 9.23. The van der Waals surface area contributed by atoms with Gasteiger partial charge in [0.25, 0.3) is 0 Å². The minimum atomic E-state index is -0.718. The first-order valence-corrected chi connectivity index (χ1v) is 7.65. The molecular weight excluding hydrogens is 272 g/mol. The summed E-state index contributed by atoms with van der Waals surface area (Å²) in [6.07, 6.45) is 2.37. The van der Waals surface area contributed by atoms with Crippen molar-refractivity contribution in [2.75, 3.05) is 0 Å². The molecule has 0 saturated carbocycles. The molecule has 3 N–H and O–H groups in total. The van der Waals surface area contributed by atoms with E-state index in [-0.39, 0.29) is 17.2 Å². The number of aromatic nitrogens is 2. The number of nitrogens with one attached hydrogen (secondary N) is 1. The fraction of sp³-hybridized carbons (Fsp3) is 0.643. The van der Waals surface area contributed by atoms with E-state index in [0.29, 0.717) is 6.42 Å². The maximum absolute atomic E-state index is 11.7. The van der Waals surface area contributed by atoms with Crippen molar-refractivity contribution in [3.8, 4) is 0 Å². The zero-order valence-corrected chi connectivity index (χ0v) is 13.6. The lowest BCUT2D eigenvalue weighted by Gasteiger charge is -2.31. The number of thioether (sulfide) groups is 1. The second-order valence-corrected chi connectivity index (χ2v) is 7.01. The first kappa shape index (κ1) is 16.9. The van der Waals surface area contributed by atoms with Gasteiger partial charge >= 0.3 is 0 Å². The van der Waals surface area contributed by atoms with Gasteiger partial charge in [0.05, 0.1) is 5.54 Å². The molecule has 0 bridgehead atoms. The molecule has 0 saturated heterocycles. The van der Waals surface area contributed by atoms with Crippen LogP contribution in [0.25, 0.3) is 0 Å². The maximum atomic E-state index is 11.7. The highest BCUT2D eigenvalue weighted by Crippen LogP contribution is 2.26. The number of amides is 1. The van der Waals surface area contributed by atoms with Gasteiger partial charge < -0.3 is 11.1 Å². The summed E-state index contributed by atoms with van der Waals surface area (Å²) in [5, 5.41) is 4.17. The number of hydrogen-bond donors (Lipinski definition) is 2. The Hall–Kier alpha value is -1.14. The lowest BCUT2D eigenvalue weighted by molar-refractivity contribution is -0.124. The molecular formula is C14H24N4OS. The molecule has 20 heavy (non-hydrogen) atoms. The van der Waals surface area contributed by atoms with Crippen LogP contribution in [0.5, 0.6) is 0 Å². The van der Waals surface area contributed by atoms with Gasteiger partial charge in [-0.1, -0.05) is 18.7 Å². The van der Waals surface area contributed by atoms with Gasteiger partial charge in [0.2, 0.25) is 5.91 Å². The molecule has 1 aromatic heterocycles. The van der Waals surface area contributed by atoms with Crippen molar-refractivity contribution in [1.29, 1.82) is 0 Å². The SMILES string of the molecule is Cc1ccnc(SC(C)CC(C)(NC(C)C)C(N)=O)n1. The van der Waals surface area contributed by atoms with E-state index in [1.807, 2.05) is 33.8 Å². The highest BCUT2D eigenvalue weighted by Gasteiger charge is 2.33. The summed E-state index contributed by atoms with van der Waals surface area (Å²) in [5.74, 6) is -0.330. The van der Waals surface area contributed by atoms with E-state index in [1.54, 1.807) is 18.0 Å². The standard InChI is InChI=1S/C14H24N4OS/c1-9(2)18-14(5,12(15)19)8-11(4)20-13-16-7-6-10(3)17-13/h6-7,9,11,18H,8H2,1-5H3,(H2,15,19). The molecule has 0 aliphatic heterocycles. The summed E-state index contributed by atoms with van der Waals surface area (Å²) in [6.45, 7) is 9.85. The number of hydrogen-bond acceptors (Lipinski definition) is 5. The monoisotopic (exact) mass is 296 g/mol. The van der Waals surface area contributed by atoms with Gasteiger partial charge in [-0.25, -0.2) is 9.97 Å². The van der Waals surface area contributed by atoms with Crippen molar-refractivity contribution in [3.63, 3.8) is 0 Å². The molecule has 112 valence electrons. The Morgan fingerprint density at radius 3 is 2.65 bits per heavy atom. The molecule has 2 atom stereocenters. The average Bonchev–Trinajstić information content (AvgIpc) is 2.26. The molecule has 6 heteroatoms. The van der Waals surface area contributed by atoms with Gasteiger partial charge in [0, 0.05) is 23.2 Å². The molecule has 0 spiro atoms. The molecule has 0 aliphatic carbocycles. The van der Waals surface area contributed by atoms with Crippen LogP contribution in [0.2, 0.25) is 0 Å². The van der Waals surface area contributed by atoms with Crippen molar-refractivity contribution in [3.05, 3.63) is 18.0 Å². The lowest BCUT2D eigenvalue weighted by Crippen LogP contribution is -2.56. The number of nitrogens with two attached hydrogens (primary N) is 1. The Morgan fingerprint density at radius 1 is 1.50 bits per heavy atom. The van der Waals surface area contributed by atoms with E-state index < -0.39 is 5.54 Å². The largest absolute Gasteiger partial charge is 0.368 e. The number of carbonyl (C=O) groups excluding carboxylic acids is 1. The van der Waals surface area contributed by atoms with Crippen LogP contribution in [-0.2, 0) is 4.79 Å². The predicted molar refractivity (Wildman–Crippen MR) is 82.6 cm³/mol. The van der Waals surface area contributed by atoms with Gasteiger partial charge in [-0.3, -0.25) is 4.79 Å². The van der Waals surface area contributed by atoms with Crippen molar-refractivity contribution in [2.45, 2.75) is 63.0 Å². The fourth-order valence-electron chi connectivity index (χ4n) is 2.15. The molecule has 5 nitrogen and oxygen atoms in total. The summed E-state index contributed by atoms with van der Waals surface area (Å²) < 4.78 is 0. The Kier molecular flexibility index (Phi) is 5.95. The van der Waals surface area contributed by atoms with Crippen molar-refractivity contribution in [2.24, 2.45) is 5.73 Å². The summed E-state index contributed by atoms with van der Waals surface area (Å²) in [5.41, 5.74) is 5.76. The number of primary amides is 1. The van der Waals surface area contributed by atoms with Crippen LogP contribution in [0.1, 0.15) is 39.8 Å². The van der Waals surface area contributed by atoms with Gasteiger partial charge in [-0.05, 0) is 40.2 Å². The molecule has 0 aromatic carbocycles. The molecule has 1 aromatic rings. The number of carbonyl (C=O) groups is 1. The summed E-state index contributed by atoms with van der Waals surface area (Å²) >= 11 is 1.56. The first-order valence-electron chi connectivity index (χ1n) is 6.77. The van der Waals surface area contributed by atoms with Crippen LogP contribution in [0.3, 0.4) is 0 Å². The zero-order valence-electron chi connectivity index (χ0n) is 12.8. The highest BCUT2D eigenvalue weighted by molar-refractivity contribution is 7.99. The van der Waals surface area contributed by atoms with E-state index >= 15 is 0 Å². The summed E-state index contributed by atoms with van der Waals surface area (Å²) in [7, 11) is 0. The second-order valence-electron chi connectivity index (χ2n) is 5.61. The van der Waals surface area contributed by atoms with Crippen LogP contribution in [0, 0.1) is 6.92 Å². The number of aryl methyl sites for hydroxylation is 1. The maximum Gasteiger partial charge on any atom is 0.237 e. The quantitative estimate of drug-likeness (QED) is 0.593. The molecule has 1 rings (SSSR count). The van der Waals surface area contributed by atoms with Gasteiger partial charge in [0.1, 0.15) is 0 Å². The van der Waals surface area contributed by atoms with Gasteiger partial charge in [-0.15, -0.1) is 0 Å². The second kappa shape index (κ2) is 7.04. The van der Waals surface area contributed by atoms with Gasteiger partial charge in [0.15, 0.2) is 5.16 Å². The molecule has 0 aliphatic rings. The third-order valence-electron chi connectivity index (χ3n) is 2.93. The third-order valence-corrected chi connectivity index (χ3v) is 3.90. The van der Waals surface area contributed by atoms with Crippen molar-refractivity contribution < 1.29 is 4.79 Å². The predicted octanol–water partition coefficient (Wildman–Crippen LogP) is 1.90. The minimum absolute atomic E-state index is 0.181. The Labute approximate surface area is 125 Å². The van der Waals surface area contributed by atoms with E-state index in [2.05, 4.69) is 22.2 Å². The molecule has 0 radical (unpaired) electrons. The van der Waals surface area contributed by atoms with Crippen LogP contribution >= 0.6 is 11.8 Å². The highest BCUT2D eigenvalue weighted by atomic mass is 32.2. The van der Waals surface area contributed by atoms with Crippen molar-refractivity contribution >= 4 is 17.7 Å². The Morgan fingerprint density at radius 2 is 2.15 bits per heavy atom. The summed E-state index contributed by atoms with van der Waals surface area (Å²) in [6, 6.07) is 2.06. The molecule has 0 fully saturated rings. The van der Waals surface area contributed by atoms with Gasteiger partial charge in [-0.2, -0.15) is 0 Å². The van der Waals surface area contributed by atoms with Crippen LogP contribution in [-0.4, -0.2) is 32.7 Å². The van der Waals surface area contributed by atoms with Crippen LogP contribution in [0.15, 0.2) is 17.4 Å². The van der Waals surface area contributed by atoms with E-state index in [1.165, 1.54) is 0 Å². The van der Waals surface area contributed by atoms with Crippen molar-refractivity contribution in [1.82, 2.24) is 15.3 Å². The summed E-state index contributed by atoms with van der Waals surface area (Å²) in [4.78, 5) is 20.3. The van der Waals surface area contributed by atoms with Crippen LogP contribution in [0.4, 0.5) is 0 Å². The number of nitrogens with zero attached hydrogens (tertiary/aromatic N) is 2. The fourth-order valence-corrected chi connectivity index (χ4v) is 3.24. The number of rotatable bonds is 7.